The fourth-order valence-electron chi connectivity index (χ4n) is 5.84. The molecule has 0 radical (unpaired) electrons. The van der Waals surface area contributed by atoms with E-state index < -0.39 is 23.7 Å². The minimum Gasteiger partial charge on any atom is -0.479 e. The number of amides is 2. The molecule has 3 aliphatic rings. The lowest BCUT2D eigenvalue weighted by molar-refractivity contribution is -0.159. The summed E-state index contributed by atoms with van der Waals surface area (Å²) in [7, 11) is 1.43. The van der Waals surface area contributed by atoms with E-state index in [1.54, 1.807) is 0 Å². The quantitative estimate of drug-likeness (QED) is 0.603. The fraction of sp³-hybridized carbons (Fsp3) is 0.444. The highest BCUT2D eigenvalue weighted by atomic mass is 16.5. The topological polar surface area (TPSA) is 105 Å². The van der Waals surface area contributed by atoms with Crippen molar-refractivity contribution in [1.82, 2.24) is 10.2 Å². The van der Waals surface area contributed by atoms with Crippen LogP contribution in [0.25, 0.3) is 11.1 Å². The number of likely N-dealkylation sites (tertiary alicyclic amines) is 1. The molecule has 2 amide bonds. The van der Waals surface area contributed by atoms with Gasteiger partial charge in [-0.2, -0.15) is 0 Å². The van der Waals surface area contributed by atoms with E-state index in [0.717, 1.165) is 35.1 Å². The van der Waals surface area contributed by atoms with Gasteiger partial charge in [0.25, 0.3) is 5.91 Å². The minimum atomic E-state index is -1.08. The van der Waals surface area contributed by atoms with Crippen molar-refractivity contribution >= 4 is 18.0 Å². The lowest BCUT2D eigenvalue weighted by atomic mass is 9.98. The van der Waals surface area contributed by atoms with Crippen LogP contribution in [0.2, 0.25) is 0 Å². The van der Waals surface area contributed by atoms with Gasteiger partial charge in [-0.15, -0.1) is 0 Å². The molecule has 1 heterocycles. The third-order valence-electron chi connectivity index (χ3n) is 7.70. The number of hydrogen-bond donors (Lipinski definition) is 2. The lowest BCUT2D eigenvalue weighted by Gasteiger charge is -2.35. The summed E-state index contributed by atoms with van der Waals surface area (Å²) in [6.07, 6.45) is 0.978. The van der Waals surface area contributed by atoms with Crippen molar-refractivity contribution in [2.75, 3.05) is 26.8 Å². The zero-order chi connectivity index (χ0) is 24.6. The summed E-state index contributed by atoms with van der Waals surface area (Å²) in [5.74, 6) is -1.28. The summed E-state index contributed by atoms with van der Waals surface area (Å²) < 4.78 is 10.9. The maximum Gasteiger partial charge on any atom is 0.407 e. The maximum atomic E-state index is 13.1. The first kappa shape index (κ1) is 23.4. The van der Waals surface area contributed by atoms with E-state index in [9.17, 15) is 19.5 Å². The van der Waals surface area contributed by atoms with E-state index in [1.165, 1.54) is 12.0 Å². The van der Waals surface area contributed by atoms with E-state index >= 15 is 0 Å². The Morgan fingerprint density at radius 3 is 2.40 bits per heavy atom. The normalized spacial score (nSPS) is 23.0. The Kier molecular flexibility index (Phi) is 6.23. The molecule has 2 aliphatic carbocycles. The van der Waals surface area contributed by atoms with Gasteiger partial charge in [-0.25, -0.2) is 9.59 Å². The molecule has 35 heavy (non-hydrogen) atoms. The summed E-state index contributed by atoms with van der Waals surface area (Å²) in [5, 5.41) is 12.4. The van der Waals surface area contributed by atoms with E-state index in [0.29, 0.717) is 13.0 Å². The van der Waals surface area contributed by atoms with Crippen LogP contribution in [0.1, 0.15) is 42.7 Å². The van der Waals surface area contributed by atoms with Crippen LogP contribution in [-0.2, 0) is 19.1 Å². The smallest absolute Gasteiger partial charge is 0.407 e. The summed E-state index contributed by atoms with van der Waals surface area (Å²) >= 11 is 0. The van der Waals surface area contributed by atoms with Crippen molar-refractivity contribution < 1.29 is 29.0 Å². The highest BCUT2D eigenvalue weighted by Gasteiger charge is 2.67. The molecule has 2 N–H and O–H groups in total. The molecule has 1 aliphatic heterocycles. The molecule has 8 nitrogen and oxygen atoms in total. The first-order chi connectivity index (χ1) is 17.0. The van der Waals surface area contributed by atoms with Gasteiger partial charge in [0.15, 0.2) is 0 Å². The third kappa shape index (κ3) is 4.05. The first-order valence-corrected chi connectivity index (χ1v) is 12.1. The molecule has 184 valence electrons. The molecule has 1 saturated carbocycles. The molecule has 3 atom stereocenters. The molecule has 0 spiro atoms. The largest absolute Gasteiger partial charge is 0.479 e. The van der Waals surface area contributed by atoms with Crippen molar-refractivity contribution in [3.63, 3.8) is 0 Å². The molecule has 3 unspecified atom stereocenters. The van der Waals surface area contributed by atoms with Crippen LogP contribution in [0.3, 0.4) is 0 Å². The SMILES string of the molecule is COC(CCNC(=O)OCC1c2ccccc2-c2ccccc21)C(=O)N1CCCC2CC21C(=O)O. The summed E-state index contributed by atoms with van der Waals surface area (Å²) in [6.45, 7) is 0.808. The Labute approximate surface area is 204 Å². The number of rotatable bonds is 8. The van der Waals surface area contributed by atoms with Crippen LogP contribution in [0.5, 0.6) is 0 Å². The maximum absolute atomic E-state index is 13.1. The molecule has 1 saturated heterocycles. The Balaban J connectivity index is 1.14. The number of benzene rings is 2. The van der Waals surface area contributed by atoms with Crippen molar-refractivity contribution in [2.24, 2.45) is 5.92 Å². The molecule has 2 aromatic carbocycles. The minimum absolute atomic E-state index is 0.0224. The molecular formula is C27H30N2O6. The van der Waals surface area contributed by atoms with Crippen LogP contribution in [-0.4, -0.2) is 66.4 Å². The fourth-order valence-corrected chi connectivity index (χ4v) is 5.84. The van der Waals surface area contributed by atoms with Crippen LogP contribution in [0.15, 0.2) is 48.5 Å². The van der Waals surface area contributed by atoms with Gasteiger partial charge in [0.1, 0.15) is 18.2 Å². The first-order valence-electron chi connectivity index (χ1n) is 12.1. The molecule has 0 aromatic heterocycles. The summed E-state index contributed by atoms with van der Waals surface area (Å²) in [5.41, 5.74) is 3.52. The Hall–Kier alpha value is -3.39. The van der Waals surface area contributed by atoms with Crippen LogP contribution < -0.4 is 5.32 Å². The predicted molar refractivity (Wildman–Crippen MR) is 128 cm³/mol. The molecule has 2 aromatic rings. The Morgan fingerprint density at radius 2 is 1.77 bits per heavy atom. The number of carbonyl (C=O) groups is 3. The highest BCUT2D eigenvalue weighted by molar-refractivity contribution is 5.92. The number of fused-ring (bicyclic) bond motifs is 4. The average Bonchev–Trinajstić information content (AvgIpc) is 3.56. The predicted octanol–water partition coefficient (Wildman–Crippen LogP) is 3.40. The summed E-state index contributed by atoms with van der Waals surface area (Å²) in [6, 6.07) is 16.3. The standard InChI is InChI=1S/C27H30N2O6/c1-34-23(24(30)29-14-6-7-17-15-27(17,29)25(31)32)12-13-28-26(33)35-16-22-20-10-4-2-8-18(20)19-9-3-5-11-21(19)22/h2-5,8-11,17,22-23H,6-7,12-16H2,1H3,(H,28,33)(H,31,32). The van der Waals surface area contributed by atoms with Crippen molar-refractivity contribution in [3.8, 4) is 11.1 Å². The Morgan fingerprint density at radius 1 is 1.11 bits per heavy atom. The number of piperidine rings is 1. The average molecular weight is 479 g/mol. The monoisotopic (exact) mass is 478 g/mol. The van der Waals surface area contributed by atoms with Crippen molar-refractivity contribution in [1.29, 1.82) is 0 Å². The lowest BCUT2D eigenvalue weighted by Crippen LogP contribution is -2.55. The number of carboxylic acid groups (broad SMARTS) is 1. The van der Waals surface area contributed by atoms with Gasteiger partial charge in [0.2, 0.25) is 0 Å². The molecule has 5 rings (SSSR count). The Bertz CT molecular complexity index is 1100. The second-order valence-corrected chi connectivity index (χ2v) is 9.53. The number of ether oxygens (including phenoxy) is 2. The third-order valence-corrected chi connectivity index (χ3v) is 7.70. The van der Waals surface area contributed by atoms with Gasteiger partial charge in [0.05, 0.1) is 0 Å². The van der Waals surface area contributed by atoms with Crippen molar-refractivity contribution in [2.45, 2.75) is 43.2 Å². The number of methoxy groups -OCH3 is 1. The van der Waals surface area contributed by atoms with Crippen LogP contribution >= 0.6 is 0 Å². The second kappa shape index (κ2) is 9.34. The number of nitrogens with one attached hydrogen (secondary N) is 1. The molecule has 2 fully saturated rings. The van der Waals surface area contributed by atoms with Gasteiger partial charge < -0.3 is 24.8 Å². The van der Waals surface area contributed by atoms with Gasteiger partial charge in [0, 0.05) is 32.5 Å². The van der Waals surface area contributed by atoms with Crippen LogP contribution in [0.4, 0.5) is 4.79 Å². The van der Waals surface area contributed by atoms with Gasteiger partial charge in [-0.3, -0.25) is 4.79 Å². The number of carbonyl (C=O) groups excluding carboxylic acids is 2. The number of carboxylic acids is 1. The van der Waals surface area contributed by atoms with E-state index in [-0.39, 0.29) is 37.3 Å². The van der Waals surface area contributed by atoms with Crippen LogP contribution in [0, 0.1) is 5.92 Å². The second-order valence-electron chi connectivity index (χ2n) is 9.53. The number of aliphatic carboxylic acids is 1. The van der Waals surface area contributed by atoms with E-state index in [2.05, 4.69) is 29.6 Å². The van der Waals surface area contributed by atoms with Crippen molar-refractivity contribution in [3.05, 3.63) is 59.7 Å². The highest BCUT2D eigenvalue weighted by Crippen LogP contribution is 2.54. The van der Waals surface area contributed by atoms with Gasteiger partial charge in [-0.1, -0.05) is 48.5 Å². The number of hydrogen-bond acceptors (Lipinski definition) is 5. The number of nitrogens with zero attached hydrogens (tertiary/aromatic N) is 1. The molecule has 0 bridgehead atoms. The van der Waals surface area contributed by atoms with Gasteiger partial charge >= 0.3 is 12.1 Å². The summed E-state index contributed by atoms with van der Waals surface area (Å²) in [4.78, 5) is 38.8. The van der Waals surface area contributed by atoms with E-state index in [1.807, 2.05) is 24.3 Å². The zero-order valence-electron chi connectivity index (χ0n) is 19.7. The van der Waals surface area contributed by atoms with E-state index in [4.69, 9.17) is 9.47 Å². The van der Waals surface area contributed by atoms with Gasteiger partial charge in [-0.05, 0) is 47.4 Å². The zero-order valence-corrected chi connectivity index (χ0v) is 19.7. The number of alkyl carbamates (subject to hydrolysis) is 1. The molecule has 8 heteroatoms. The molecular weight excluding hydrogens is 448 g/mol.